The van der Waals surface area contributed by atoms with Crippen LogP contribution in [0.25, 0.3) is 0 Å². The third-order valence-corrected chi connectivity index (χ3v) is 7.55. The Morgan fingerprint density at radius 1 is 1.44 bits per heavy atom. The number of sulfone groups is 1. The first-order valence-electron chi connectivity index (χ1n) is 7.53. The number of hydrogen-bond donors (Lipinski definition) is 0. The maximum atomic E-state index is 12.0. The second-order valence-electron chi connectivity index (χ2n) is 6.17. The number of rotatable bonds is 3. The van der Waals surface area contributed by atoms with Crippen LogP contribution in [0.15, 0.2) is 27.7 Å². The van der Waals surface area contributed by atoms with Gasteiger partial charge in [0.15, 0.2) is 15.0 Å². The fourth-order valence-corrected chi connectivity index (χ4v) is 6.55. The van der Waals surface area contributed by atoms with E-state index in [9.17, 15) is 13.2 Å². The van der Waals surface area contributed by atoms with E-state index in [1.54, 1.807) is 20.2 Å². The Bertz CT molecular complexity index is 844. The molecule has 1 fully saturated rings. The van der Waals surface area contributed by atoms with Gasteiger partial charge in [-0.1, -0.05) is 39.3 Å². The molecule has 1 aromatic carbocycles. The lowest BCUT2D eigenvalue weighted by molar-refractivity contribution is -0.125. The van der Waals surface area contributed by atoms with Gasteiger partial charge in [0, 0.05) is 18.6 Å². The number of anilines is 1. The van der Waals surface area contributed by atoms with Gasteiger partial charge in [0.25, 0.3) is 0 Å². The fraction of sp³-hybridized carbons (Fsp3) is 0.467. The second-order valence-corrected chi connectivity index (χ2v) is 10.6. The van der Waals surface area contributed by atoms with E-state index in [0.29, 0.717) is 15.9 Å². The molecule has 0 N–H and O–H groups in total. The molecule has 1 aromatic rings. The zero-order valence-electron chi connectivity index (χ0n) is 13.6. The number of aliphatic imine (C=N–C) groups is 1. The van der Waals surface area contributed by atoms with Gasteiger partial charge in [-0.3, -0.25) is 9.79 Å². The molecule has 0 bridgehead atoms. The SMILES string of the molecule is CN(C)C(=O)CSC1=N[C@@H]2CS(=O)(=O)C[C@H]2N1c1ccc(Br)cc1Cl. The molecule has 136 valence electrons. The highest BCUT2D eigenvalue weighted by molar-refractivity contribution is 9.10. The molecule has 2 aliphatic heterocycles. The second kappa shape index (κ2) is 7.09. The van der Waals surface area contributed by atoms with Crippen LogP contribution in [0.2, 0.25) is 5.02 Å². The van der Waals surface area contributed by atoms with Crippen LogP contribution in [0.5, 0.6) is 0 Å². The van der Waals surface area contributed by atoms with Gasteiger partial charge in [0.05, 0.1) is 40.1 Å². The Morgan fingerprint density at radius 2 is 2.16 bits per heavy atom. The summed E-state index contributed by atoms with van der Waals surface area (Å²) in [6.07, 6.45) is 0. The van der Waals surface area contributed by atoms with Gasteiger partial charge in [-0.15, -0.1) is 0 Å². The highest BCUT2D eigenvalue weighted by Gasteiger charge is 2.47. The molecule has 2 heterocycles. The summed E-state index contributed by atoms with van der Waals surface area (Å²) in [5, 5.41) is 1.15. The van der Waals surface area contributed by atoms with Gasteiger partial charge in [0.2, 0.25) is 5.91 Å². The van der Waals surface area contributed by atoms with Crippen molar-refractivity contribution in [1.29, 1.82) is 0 Å². The van der Waals surface area contributed by atoms with Crippen molar-refractivity contribution in [1.82, 2.24) is 4.90 Å². The lowest BCUT2D eigenvalue weighted by Gasteiger charge is -2.27. The summed E-state index contributed by atoms with van der Waals surface area (Å²) in [5.41, 5.74) is 0.706. The van der Waals surface area contributed by atoms with E-state index in [1.807, 2.05) is 17.0 Å². The molecule has 3 rings (SSSR count). The average Bonchev–Trinajstić information content (AvgIpc) is 2.96. The van der Waals surface area contributed by atoms with Crippen LogP contribution in [0.4, 0.5) is 5.69 Å². The van der Waals surface area contributed by atoms with Gasteiger partial charge in [-0.2, -0.15) is 0 Å². The first-order valence-corrected chi connectivity index (χ1v) is 11.5. The van der Waals surface area contributed by atoms with Gasteiger partial charge in [-0.25, -0.2) is 8.42 Å². The molecule has 1 amide bonds. The minimum absolute atomic E-state index is 0.0285. The highest BCUT2D eigenvalue weighted by Crippen LogP contribution is 2.39. The topological polar surface area (TPSA) is 70.0 Å². The molecule has 2 aliphatic rings. The minimum Gasteiger partial charge on any atom is -0.348 e. The quantitative estimate of drug-likeness (QED) is 0.683. The summed E-state index contributed by atoms with van der Waals surface area (Å²) < 4.78 is 24.9. The largest absolute Gasteiger partial charge is 0.348 e. The normalized spacial score (nSPS) is 24.2. The van der Waals surface area contributed by atoms with Crippen LogP contribution < -0.4 is 4.90 Å². The fourth-order valence-electron chi connectivity index (χ4n) is 2.85. The maximum absolute atomic E-state index is 12.0. The zero-order chi connectivity index (χ0) is 18.4. The molecule has 0 radical (unpaired) electrons. The van der Waals surface area contributed by atoms with Gasteiger partial charge in [0.1, 0.15) is 0 Å². The van der Waals surface area contributed by atoms with E-state index in [4.69, 9.17) is 11.6 Å². The van der Waals surface area contributed by atoms with Crippen molar-refractivity contribution in [3.8, 4) is 0 Å². The smallest absolute Gasteiger partial charge is 0.232 e. The molecule has 0 saturated carbocycles. The van der Waals surface area contributed by atoms with Crippen LogP contribution >= 0.6 is 39.3 Å². The van der Waals surface area contributed by atoms with Crippen molar-refractivity contribution >= 4 is 65.9 Å². The number of amides is 1. The predicted octanol–water partition coefficient (Wildman–Crippen LogP) is 2.27. The summed E-state index contributed by atoms with van der Waals surface area (Å²) >= 11 is 11.1. The van der Waals surface area contributed by atoms with E-state index in [0.717, 1.165) is 4.47 Å². The number of nitrogens with zero attached hydrogens (tertiary/aromatic N) is 3. The first-order chi connectivity index (χ1) is 11.7. The third kappa shape index (κ3) is 3.99. The summed E-state index contributed by atoms with van der Waals surface area (Å²) in [7, 11) is 0.276. The van der Waals surface area contributed by atoms with Crippen molar-refractivity contribution in [3.05, 3.63) is 27.7 Å². The average molecular weight is 467 g/mol. The van der Waals surface area contributed by atoms with E-state index < -0.39 is 9.84 Å². The van der Waals surface area contributed by atoms with Crippen LogP contribution in [0, 0.1) is 0 Å². The van der Waals surface area contributed by atoms with E-state index in [1.165, 1.54) is 16.7 Å². The summed E-state index contributed by atoms with van der Waals surface area (Å²) in [4.78, 5) is 19.9. The Hall–Kier alpha value is -0.770. The zero-order valence-corrected chi connectivity index (χ0v) is 17.6. The lowest BCUT2D eigenvalue weighted by Crippen LogP contribution is -2.39. The lowest BCUT2D eigenvalue weighted by atomic mass is 10.1. The van der Waals surface area contributed by atoms with Crippen molar-refractivity contribution in [3.63, 3.8) is 0 Å². The molecule has 1 saturated heterocycles. The number of halogens is 2. The molecule has 0 aliphatic carbocycles. The summed E-state index contributed by atoms with van der Waals surface area (Å²) in [6, 6.07) is 4.86. The standard InChI is InChI=1S/C15H17BrClN3O3S2/c1-19(2)14(21)6-24-15-18-11-7-25(22,23)8-13(11)20(15)12-4-3-9(16)5-10(12)17/h3-5,11,13H,6-8H2,1-2H3/t11-,13-/m1/s1. The Morgan fingerprint density at radius 3 is 2.80 bits per heavy atom. The van der Waals surface area contributed by atoms with Crippen LogP contribution in [-0.2, 0) is 14.6 Å². The minimum atomic E-state index is -3.12. The van der Waals surface area contributed by atoms with Crippen molar-refractivity contribution in [2.24, 2.45) is 4.99 Å². The molecule has 6 nitrogen and oxygen atoms in total. The van der Waals surface area contributed by atoms with Gasteiger partial charge >= 0.3 is 0 Å². The predicted molar refractivity (Wildman–Crippen MR) is 106 cm³/mol. The van der Waals surface area contributed by atoms with E-state index in [2.05, 4.69) is 20.9 Å². The Kier molecular flexibility index (Phi) is 5.39. The molecule has 0 spiro atoms. The summed E-state index contributed by atoms with van der Waals surface area (Å²) in [6.45, 7) is 0. The maximum Gasteiger partial charge on any atom is 0.232 e. The number of thioether (sulfide) groups is 1. The van der Waals surface area contributed by atoms with Crippen molar-refractivity contribution in [2.45, 2.75) is 12.1 Å². The molecule has 25 heavy (non-hydrogen) atoms. The van der Waals surface area contributed by atoms with Crippen molar-refractivity contribution < 1.29 is 13.2 Å². The summed E-state index contributed by atoms with van der Waals surface area (Å²) in [5.74, 6) is 0.287. The molecular formula is C15H17BrClN3O3S2. The highest BCUT2D eigenvalue weighted by atomic mass is 79.9. The molecule has 0 unspecified atom stereocenters. The number of amidine groups is 1. The number of fused-ring (bicyclic) bond motifs is 1. The molecule has 2 atom stereocenters. The molecule has 0 aromatic heterocycles. The van der Waals surface area contributed by atoms with Crippen LogP contribution in [0.3, 0.4) is 0 Å². The number of benzene rings is 1. The van der Waals surface area contributed by atoms with Gasteiger partial charge < -0.3 is 9.80 Å². The number of carbonyl (C=O) groups is 1. The van der Waals surface area contributed by atoms with E-state index >= 15 is 0 Å². The Balaban J connectivity index is 1.93. The first kappa shape index (κ1) is 19.0. The monoisotopic (exact) mass is 465 g/mol. The molecule has 10 heteroatoms. The van der Waals surface area contributed by atoms with Crippen LogP contribution in [-0.4, -0.2) is 67.8 Å². The third-order valence-electron chi connectivity index (χ3n) is 4.10. The number of carbonyl (C=O) groups excluding carboxylic acids is 1. The number of hydrogen-bond acceptors (Lipinski definition) is 6. The van der Waals surface area contributed by atoms with Crippen molar-refractivity contribution in [2.75, 3.05) is 36.3 Å². The Labute approximate surface area is 164 Å². The van der Waals surface area contributed by atoms with Crippen LogP contribution in [0.1, 0.15) is 0 Å². The van der Waals surface area contributed by atoms with E-state index in [-0.39, 0.29) is 35.2 Å². The molecular weight excluding hydrogens is 450 g/mol. The van der Waals surface area contributed by atoms with Gasteiger partial charge in [-0.05, 0) is 18.2 Å².